The van der Waals surface area contributed by atoms with Crippen LogP contribution in [0.1, 0.15) is 0 Å². The number of rotatable bonds is 3. The molecular formula is C14H11ClN2O2S. The largest absolute Gasteiger partial charge is 0.585 e. The predicted molar refractivity (Wildman–Crippen MR) is 82.1 cm³/mol. The summed E-state index contributed by atoms with van der Waals surface area (Å²) in [5.41, 5.74) is 7.48. The summed E-state index contributed by atoms with van der Waals surface area (Å²) in [5.74, 6) is 0. The van der Waals surface area contributed by atoms with Crippen LogP contribution in [-0.2, 0) is 11.4 Å². The lowest BCUT2D eigenvalue weighted by Gasteiger charge is -2.10. The molecule has 6 heteroatoms. The third kappa shape index (κ3) is 2.56. The molecule has 0 spiro atoms. The summed E-state index contributed by atoms with van der Waals surface area (Å²) in [6.45, 7) is 0. The van der Waals surface area contributed by atoms with Gasteiger partial charge in [-0.25, -0.2) is 0 Å². The zero-order valence-electron chi connectivity index (χ0n) is 10.3. The Bertz CT molecular complexity index is 727. The number of halogens is 1. The molecule has 0 saturated heterocycles. The second kappa shape index (κ2) is 5.28. The third-order valence-corrected chi connectivity index (χ3v) is 4.01. The minimum absolute atomic E-state index is 0.338. The highest BCUT2D eigenvalue weighted by atomic mass is 35.5. The lowest BCUT2D eigenvalue weighted by molar-refractivity contribution is 0.484. The topological polar surface area (TPSA) is 74.2 Å². The fourth-order valence-corrected chi connectivity index (χ4v) is 2.86. The minimum Gasteiger partial charge on any atom is -0.585 e. The number of nitrogen functional groups attached to an aromatic ring is 1. The van der Waals surface area contributed by atoms with E-state index in [1.165, 1.54) is 0 Å². The number of nitrogens with two attached hydrogens (primary N) is 1. The average molecular weight is 307 g/mol. The van der Waals surface area contributed by atoms with Crippen LogP contribution in [0.2, 0.25) is 5.02 Å². The molecule has 2 aromatic carbocycles. The van der Waals surface area contributed by atoms with E-state index in [1.807, 2.05) is 24.3 Å². The molecule has 1 atom stereocenters. The molecule has 0 amide bonds. The number of hydrogen-bond donors (Lipinski definition) is 2. The number of fused-ring (bicyclic) bond motifs is 1. The van der Waals surface area contributed by atoms with Crippen LogP contribution in [-0.4, -0.2) is 4.55 Å². The molecule has 0 aliphatic heterocycles. The Kier molecular flexibility index (Phi) is 3.48. The first kappa shape index (κ1) is 13.2. The normalized spacial score (nSPS) is 12.5. The molecule has 3 aromatic rings. The smallest absolute Gasteiger partial charge is 0.339 e. The van der Waals surface area contributed by atoms with E-state index in [-0.39, 0.29) is 0 Å². The molecule has 1 unspecified atom stereocenters. The maximum absolute atomic E-state index is 12.3. The quantitative estimate of drug-likeness (QED) is 0.570. The lowest BCUT2D eigenvalue weighted by atomic mass is 10.3. The van der Waals surface area contributed by atoms with Crippen LogP contribution in [0.15, 0.2) is 58.0 Å². The zero-order valence-corrected chi connectivity index (χ0v) is 11.9. The molecule has 0 aliphatic rings. The molecule has 3 rings (SSSR count). The molecule has 1 aromatic heterocycles. The number of hydrogen-bond acceptors (Lipinski definition) is 4. The van der Waals surface area contributed by atoms with Gasteiger partial charge >= 0.3 is 5.09 Å². The van der Waals surface area contributed by atoms with E-state index in [2.05, 4.69) is 4.72 Å². The second-order valence-corrected chi connectivity index (χ2v) is 5.79. The number of anilines is 2. The monoisotopic (exact) mass is 306 g/mol. The van der Waals surface area contributed by atoms with Gasteiger partial charge in [-0.15, -0.1) is 0 Å². The summed E-state index contributed by atoms with van der Waals surface area (Å²) >= 11 is 4.35. The Hall–Kier alpha value is -1.82. The van der Waals surface area contributed by atoms with E-state index in [4.69, 9.17) is 21.8 Å². The Morgan fingerprint density at radius 3 is 2.75 bits per heavy atom. The Labute approximate surface area is 123 Å². The lowest BCUT2D eigenvalue weighted by Crippen LogP contribution is -2.13. The number of furan rings is 1. The Morgan fingerprint density at radius 2 is 1.95 bits per heavy atom. The highest BCUT2D eigenvalue weighted by Gasteiger charge is 2.19. The first-order chi connectivity index (χ1) is 9.63. The molecule has 102 valence electrons. The first-order valence-electron chi connectivity index (χ1n) is 5.85. The first-order valence-corrected chi connectivity index (χ1v) is 7.38. The van der Waals surface area contributed by atoms with E-state index in [1.54, 1.807) is 24.3 Å². The van der Waals surface area contributed by atoms with E-state index in [0.717, 1.165) is 5.39 Å². The van der Waals surface area contributed by atoms with Gasteiger partial charge in [0.1, 0.15) is 22.6 Å². The van der Waals surface area contributed by atoms with Gasteiger partial charge in [0.2, 0.25) is 0 Å². The van der Waals surface area contributed by atoms with Crippen LogP contribution >= 0.6 is 11.6 Å². The summed E-state index contributed by atoms with van der Waals surface area (Å²) < 4.78 is 20.6. The van der Waals surface area contributed by atoms with Crippen molar-refractivity contribution in [3.05, 3.63) is 53.6 Å². The molecule has 0 radical (unpaired) electrons. The van der Waals surface area contributed by atoms with E-state index in [0.29, 0.717) is 27.1 Å². The van der Waals surface area contributed by atoms with Gasteiger partial charge in [0.15, 0.2) is 0 Å². The van der Waals surface area contributed by atoms with Gasteiger partial charge in [-0.1, -0.05) is 29.8 Å². The van der Waals surface area contributed by atoms with Crippen molar-refractivity contribution in [2.24, 2.45) is 0 Å². The molecule has 1 heterocycles. The fraction of sp³-hybridized carbons (Fsp3) is 0. The van der Waals surface area contributed by atoms with Crippen molar-refractivity contribution >= 4 is 45.3 Å². The summed E-state index contributed by atoms with van der Waals surface area (Å²) in [4.78, 5) is 0. The maximum atomic E-state index is 12.3. The van der Waals surface area contributed by atoms with Crippen molar-refractivity contribution in [3.63, 3.8) is 0 Å². The number of benzene rings is 2. The van der Waals surface area contributed by atoms with E-state index < -0.39 is 11.4 Å². The molecule has 0 saturated carbocycles. The highest BCUT2D eigenvalue weighted by Crippen LogP contribution is 2.28. The van der Waals surface area contributed by atoms with Crippen LogP contribution in [0.25, 0.3) is 11.0 Å². The number of para-hydroxylation sites is 1. The van der Waals surface area contributed by atoms with Gasteiger partial charge in [0, 0.05) is 16.5 Å². The highest BCUT2D eigenvalue weighted by molar-refractivity contribution is 7.92. The van der Waals surface area contributed by atoms with Crippen LogP contribution in [0.3, 0.4) is 0 Å². The van der Waals surface area contributed by atoms with Crippen molar-refractivity contribution in [2.75, 3.05) is 10.5 Å². The SMILES string of the molecule is Nc1ccc(Cl)cc1N[S+]([O-])c1cc2ccccc2o1. The van der Waals surface area contributed by atoms with Gasteiger partial charge in [0.25, 0.3) is 0 Å². The summed E-state index contributed by atoms with van der Waals surface area (Å²) in [6.07, 6.45) is 0. The van der Waals surface area contributed by atoms with Gasteiger partial charge < -0.3 is 14.7 Å². The molecule has 0 fully saturated rings. The zero-order chi connectivity index (χ0) is 14.1. The van der Waals surface area contributed by atoms with E-state index >= 15 is 0 Å². The third-order valence-electron chi connectivity index (χ3n) is 2.80. The molecule has 20 heavy (non-hydrogen) atoms. The second-order valence-electron chi connectivity index (χ2n) is 4.21. The van der Waals surface area contributed by atoms with Gasteiger partial charge in [-0.05, 0) is 24.3 Å². The van der Waals surface area contributed by atoms with Crippen molar-refractivity contribution in [1.29, 1.82) is 0 Å². The average Bonchev–Trinajstić information content (AvgIpc) is 2.87. The Balaban J connectivity index is 1.88. The van der Waals surface area contributed by atoms with Gasteiger partial charge in [-0.2, -0.15) is 4.72 Å². The molecule has 0 bridgehead atoms. The summed E-state index contributed by atoms with van der Waals surface area (Å²) in [7, 11) is 0. The fourth-order valence-electron chi connectivity index (χ4n) is 1.82. The molecule has 0 aliphatic carbocycles. The molecule has 3 N–H and O–H groups in total. The molecule has 4 nitrogen and oxygen atoms in total. The van der Waals surface area contributed by atoms with Crippen molar-refractivity contribution in [1.82, 2.24) is 0 Å². The summed E-state index contributed by atoms with van der Waals surface area (Å²) in [5, 5.41) is 1.76. The van der Waals surface area contributed by atoms with Crippen LogP contribution in [0.5, 0.6) is 0 Å². The maximum Gasteiger partial charge on any atom is 0.339 e. The van der Waals surface area contributed by atoms with Crippen molar-refractivity contribution in [3.8, 4) is 0 Å². The van der Waals surface area contributed by atoms with Crippen molar-refractivity contribution in [2.45, 2.75) is 5.09 Å². The van der Waals surface area contributed by atoms with Crippen LogP contribution in [0, 0.1) is 0 Å². The van der Waals surface area contributed by atoms with Gasteiger partial charge in [0.05, 0.1) is 5.69 Å². The summed E-state index contributed by atoms with van der Waals surface area (Å²) in [6, 6.07) is 14.2. The number of nitrogens with one attached hydrogen (secondary N) is 1. The van der Waals surface area contributed by atoms with Gasteiger partial charge in [-0.3, -0.25) is 0 Å². The van der Waals surface area contributed by atoms with Crippen molar-refractivity contribution < 1.29 is 8.97 Å². The Morgan fingerprint density at radius 1 is 1.15 bits per heavy atom. The molecular weight excluding hydrogens is 296 g/mol. The standard InChI is InChI=1S/C14H11ClN2O2S/c15-10-5-6-11(16)12(8-10)17-20(18)14-7-9-3-1-2-4-13(9)19-14/h1-8,17H,16H2. The van der Waals surface area contributed by atoms with E-state index in [9.17, 15) is 4.55 Å². The van der Waals surface area contributed by atoms with Crippen LogP contribution < -0.4 is 10.5 Å². The predicted octanol–water partition coefficient (Wildman–Crippen LogP) is 3.80. The van der Waals surface area contributed by atoms with Crippen LogP contribution in [0.4, 0.5) is 11.4 Å². The minimum atomic E-state index is -1.54.